The molecule has 1 fully saturated rings. The van der Waals surface area contributed by atoms with Gasteiger partial charge in [-0.2, -0.15) is 0 Å². The van der Waals surface area contributed by atoms with Crippen LogP contribution >= 0.6 is 0 Å². The standard InChI is InChI=1S/C25H24N6O6/c26-22-21-23(29-12-28-22)31(13-30-21)24-20(33)10-16(37-24)11-36-15-7-8-27-14(9-15)5-6-19(32)17-3-1-2-4-18(17)25(34)35/h1-4,7-9,12-13,16,20,24,33H,5-6,10-11H2,(H,34,35)(H2,26,28,29)/t16-,20+,24+/m0/s1. The van der Waals surface area contributed by atoms with E-state index in [9.17, 15) is 19.8 Å². The van der Waals surface area contributed by atoms with Gasteiger partial charge in [0.1, 0.15) is 30.3 Å². The molecule has 4 aromatic rings. The highest BCUT2D eigenvalue weighted by Gasteiger charge is 2.36. The first-order valence-corrected chi connectivity index (χ1v) is 11.6. The van der Waals surface area contributed by atoms with Crippen molar-refractivity contribution in [1.29, 1.82) is 0 Å². The molecule has 0 aliphatic carbocycles. The molecule has 4 N–H and O–H groups in total. The zero-order chi connectivity index (χ0) is 25.9. The van der Waals surface area contributed by atoms with Gasteiger partial charge >= 0.3 is 5.97 Å². The van der Waals surface area contributed by atoms with Crippen LogP contribution in [0.5, 0.6) is 5.75 Å². The van der Waals surface area contributed by atoms with Crippen LogP contribution in [0, 0.1) is 0 Å². The molecular weight excluding hydrogens is 480 g/mol. The summed E-state index contributed by atoms with van der Waals surface area (Å²) in [5.41, 5.74) is 7.54. The number of rotatable bonds is 9. The van der Waals surface area contributed by atoms with Crippen molar-refractivity contribution in [1.82, 2.24) is 24.5 Å². The summed E-state index contributed by atoms with van der Waals surface area (Å²) in [6.45, 7) is 0.186. The molecule has 1 aromatic carbocycles. The lowest BCUT2D eigenvalue weighted by atomic mass is 10.00. The van der Waals surface area contributed by atoms with Crippen LogP contribution in [0.15, 0.2) is 55.2 Å². The zero-order valence-corrected chi connectivity index (χ0v) is 19.6. The van der Waals surface area contributed by atoms with Gasteiger partial charge in [0.25, 0.3) is 0 Å². The second-order valence-corrected chi connectivity index (χ2v) is 8.60. The number of Topliss-reactive ketones (excluding diaryl/α,β-unsaturated/α-hetero) is 1. The summed E-state index contributed by atoms with van der Waals surface area (Å²) in [6.07, 6.45) is 3.32. The van der Waals surface area contributed by atoms with Gasteiger partial charge in [0.2, 0.25) is 0 Å². The first kappa shape index (κ1) is 24.3. The number of hydrogen-bond donors (Lipinski definition) is 3. The van der Waals surface area contributed by atoms with Crippen LogP contribution in [0.3, 0.4) is 0 Å². The van der Waals surface area contributed by atoms with Gasteiger partial charge in [-0.25, -0.2) is 19.7 Å². The summed E-state index contributed by atoms with van der Waals surface area (Å²) < 4.78 is 13.5. The predicted octanol–water partition coefficient (Wildman–Crippen LogP) is 2.04. The number of aliphatic hydroxyl groups excluding tert-OH is 1. The maximum atomic E-state index is 12.6. The lowest BCUT2D eigenvalue weighted by molar-refractivity contribution is -0.0457. The molecule has 190 valence electrons. The van der Waals surface area contributed by atoms with Gasteiger partial charge in [-0.05, 0) is 18.6 Å². The quantitative estimate of drug-likeness (QED) is 0.284. The molecule has 1 saturated heterocycles. The third-order valence-corrected chi connectivity index (χ3v) is 6.12. The normalized spacial score (nSPS) is 19.2. The molecule has 5 rings (SSSR count). The average molecular weight is 505 g/mol. The highest BCUT2D eigenvalue weighted by molar-refractivity contribution is 6.05. The highest BCUT2D eigenvalue weighted by atomic mass is 16.6. The number of carboxylic acids is 1. The number of fused-ring (bicyclic) bond motifs is 1. The van der Waals surface area contributed by atoms with Gasteiger partial charge < -0.3 is 25.4 Å². The van der Waals surface area contributed by atoms with Gasteiger partial charge in [-0.3, -0.25) is 14.3 Å². The lowest BCUT2D eigenvalue weighted by Gasteiger charge is -2.17. The summed E-state index contributed by atoms with van der Waals surface area (Å²) in [4.78, 5) is 40.6. The van der Waals surface area contributed by atoms with Crippen molar-refractivity contribution in [2.45, 2.75) is 37.7 Å². The topological polar surface area (TPSA) is 176 Å². The van der Waals surface area contributed by atoms with Crippen molar-refractivity contribution in [3.63, 3.8) is 0 Å². The number of aryl methyl sites for hydroxylation is 1. The fourth-order valence-electron chi connectivity index (χ4n) is 4.30. The molecule has 37 heavy (non-hydrogen) atoms. The molecule has 0 bridgehead atoms. The Morgan fingerprint density at radius 1 is 1.14 bits per heavy atom. The summed E-state index contributed by atoms with van der Waals surface area (Å²) >= 11 is 0. The highest BCUT2D eigenvalue weighted by Crippen LogP contribution is 2.32. The Kier molecular flexibility index (Phi) is 6.75. The number of ketones is 1. The molecule has 0 unspecified atom stereocenters. The summed E-state index contributed by atoms with van der Waals surface area (Å²) in [7, 11) is 0. The number of benzene rings is 1. The molecule has 0 amide bonds. The Morgan fingerprint density at radius 3 is 2.76 bits per heavy atom. The van der Waals surface area contributed by atoms with E-state index < -0.39 is 18.3 Å². The summed E-state index contributed by atoms with van der Waals surface area (Å²) in [5, 5.41) is 19.9. The van der Waals surface area contributed by atoms with Crippen LogP contribution in [0.2, 0.25) is 0 Å². The Morgan fingerprint density at radius 2 is 1.95 bits per heavy atom. The number of imidazole rings is 1. The van der Waals surface area contributed by atoms with E-state index >= 15 is 0 Å². The number of aromatic nitrogens is 5. The average Bonchev–Trinajstić information content (AvgIpc) is 3.50. The van der Waals surface area contributed by atoms with Crippen molar-refractivity contribution in [3.05, 3.63) is 72.1 Å². The van der Waals surface area contributed by atoms with Crippen molar-refractivity contribution in [2.24, 2.45) is 0 Å². The number of pyridine rings is 1. The van der Waals surface area contributed by atoms with Gasteiger partial charge in [0.15, 0.2) is 23.5 Å². The van der Waals surface area contributed by atoms with Gasteiger partial charge in [0.05, 0.1) is 18.0 Å². The second-order valence-electron chi connectivity index (χ2n) is 8.60. The molecule has 12 heteroatoms. The van der Waals surface area contributed by atoms with Crippen LogP contribution in [0.1, 0.15) is 45.5 Å². The number of carboxylic acid groups (broad SMARTS) is 1. The van der Waals surface area contributed by atoms with Crippen molar-refractivity contribution < 1.29 is 29.3 Å². The molecule has 1 aliphatic rings. The maximum Gasteiger partial charge on any atom is 0.336 e. The SMILES string of the molecule is Nc1ncnc2c1ncn2[C@@H]1O[C@H](COc2ccnc(CCC(=O)c3ccccc3C(=O)O)c2)C[C@H]1O. The van der Waals surface area contributed by atoms with Gasteiger partial charge in [-0.1, -0.05) is 18.2 Å². The van der Waals surface area contributed by atoms with E-state index in [2.05, 4.69) is 19.9 Å². The van der Waals surface area contributed by atoms with Crippen molar-refractivity contribution >= 4 is 28.7 Å². The number of aromatic carboxylic acids is 1. The van der Waals surface area contributed by atoms with Crippen molar-refractivity contribution in [3.8, 4) is 5.75 Å². The number of hydrogen-bond acceptors (Lipinski definition) is 10. The van der Waals surface area contributed by atoms with Crippen LogP contribution < -0.4 is 10.5 Å². The van der Waals surface area contributed by atoms with Crippen LogP contribution in [-0.2, 0) is 11.2 Å². The predicted molar refractivity (Wildman–Crippen MR) is 130 cm³/mol. The maximum absolute atomic E-state index is 12.6. The Labute approximate surface area is 210 Å². The number of nitrogens with two attached hydrogens (primary N) is 1. The number of aliphatic hydroxyl groups is 1. The van der Waals surface area contributed by atoms with E-state index in [1.807, 2.05) is 0 Å². The molecule has 1 aliphatic heterocycles. The molecular formula is C25H24N6O6. The Bertz CT molecular complexity index is 1460. The minimum absolute atomic E-state index is 0.0193. The first-order valence-electron chi connectivity index (χ1n) is 11.6. The van der Waals surface area contributed by atoms with E-state index in [0.29, 0.717) is 35.4 Å². The van der Waals surface area contributed by atoms with Gasteiger partial charge in [0, 0.05) is 36.4 Å². The van der Waals surface area contributed by atoms with E-state index in [0.717, 1.165) is 0 Å². The molecule has 0 spiro atoms. The van der Waals surface area contributed by atoms with E-state index in [-0.39, 0.29) is 41.9 Å². The Balaban J connectivity index is 1.18. The van der Waals surface area contributed by atoms with Crippen molar-refractivity contribution in [2.75, 3.05) is 12.3 Å². The summed E-state index contributed by atoms with van der Waals surface area (Å²) in [6, 6.07) is 9.56. The molecule has 0 saturated carbocycles. The number of carbonyl (C=O) groups is 2. The number of nitrogens with zero attached hydrogens (tertiary/aromatic N) is 5. The van der Waals surface area contributed by atoms with Gasteiger partial charge in [-0.15, -0.1) is 0 Å². The summed E-state index contributed by atoms with van der Waals surface area (Å²) in [5.74, 6) is -0.627. The molecule has 4 heterocycles. The Hall–Kier alpha value is -4.42. The second kappa shape index (κ2) is 10.3. The monoisotopic (exact) mass is 504 g/mol. The number of ether oxygens (including phenoxy) is 2. The zero-order valence-electron chi connectivity index (χ0n) is 19.6. The number of nitrogen functional groups attached to an aromatic ring is 1. The fraction of sp³-hybridized carbons (Fsp3) is 0.280. The minimum atomic E-state index is -1.14. The molecule has 0 radical (unpaired) electrons. The van der Waals surface area contributed by atoms with E-state index in [1.165, 1.54) is 24.8 Å². The minimum Gasteiger partial charge on any atom is -0.491 e. The third kappa shape index (κ3) is 5.10. The fourth-order valence-corrected chi connectivity index (χ4v) is 4.30. The lowest BCUT2D eigenvalue weighted by Crippen LogP contribution is -2.20. The van der Waals surface area contributed by atoms with Crippen LogP contribution in [0.4, 0.5) is 5.82 Å². The van der Waals surface area contributed by atoms with Crippen LogP contribution in [-0.4, -0.2) is 65.3 Å². The smallest absolute Gasteiger partial charge is 0.336 e. The third-order valence-electron chi connectivity index (χ3n) is 6.12. The molecule has 3 aromatic heterocycles. The van der Waals surface area contributed by atoms with Crippen LogP contribution in [0.25, 0.3) is 11.2 Å². The molecule has 3 atom stereocenters. The van der Waals surface area contributed by atoms with E-state index in [4.69, 9.17) is 15.2 Å². The largest absolute Gasteiger partial charge is 0.491 e. The van der Waals surface area contributed by atoms with E-state index in [1.54, 1.807) is 35.0 Å². The first-order chi connectivity index (χ1) is 17.9. The number of carbonyl (C=O) groups excluding carboxylic acids is 1. The number of anilines is 1. The molecule has 12 nitrogen and oxygen atoms in total.